The average molecular weight is 473 g/mol. The van der Waals surface area contributed by atoms with Gasteiger partial charge in [-0.25, -0.2) is 9.97 Å². The van der Waals surface area contributed by atoms with Gasteiger partial charge in [0.05, 0.1) is 6.33 Å². The van der Waals surface area contributed by atoms with Crippen LogP contribution in [0.25, 0.3) is 22.2 Å². The van der Waals surface area contributed by atoms with Crippen LogP contribution in [0.3, 0.4) is 0 Å². The van der Waals surface area contributed by atoms with Gasteiger partial charge in [-0.1, -0.05) is 53.6 Å². The maximum Gasteiger partial charge on any atom is 0.252 e. The van der Waals surface area contributed by atoms with Crippen molar-refractivity contribution >= 4 is 22.6 Å². The molecule has 1 N–H and O–H groups in total. The highest BCUT2D eigenvalue weighted by Gasteiger charge is 2.15. The Morgan fingerprint density at radius 3 is 2.38 bits per heavy atom. The van der Waals surface area contributed by atoms with Crippen molar-refractivity contribution in [2.45, 2.75) is 13.0 Å². The summed E-state index contributed by atoms with van der Waals surface area (Å²) in [7, 11) is 3.64. The first-order valence-electron chi connectivity index (χ1n) is 10.8. The zero-order chi connectivity index (χ0) is 24.2. The van der Waals surface area contributed by atoms with Gasteiger partial charge in [-0.2, -0.15) is 0 Å². The highest BCUT2D eigenvalue weighted by Crippen LogP contribution is 2.30. The van der Waals surface area contributed by atoms with E-state index in [0.717, 1.165) is 27.6 Å². The first-order valence-corrected chi connectivity index (χ1v) is 11.1. The lowest BCUT2D eigenvalue weighted by Gasteiger charge is -2.15. The molecule has 3 aromatic heterocycles. The van der Waals surface area contributed by atoms with Crippen molar-refractivity contribution < 1.29 is 5.11 Å². The summed E-state index contributed by atoms with van der Waals surface area (Å²) in [5, 5.41) is 12.3. The van der Waals surface area contributed by atoms with Gasteiger partial charge in [0.15, 0.2) is 0 Å². The van der Waals surface area contributed by atoms with E-state index in [1.54, 1.807) is 56.1 Å². The predicted octanol–water partition coefficient (Wildman–Crippen LogP) is 5.06. The third kappa shape index (κ3) is 5.09. The standard InChI is InChI=1S/C23H19ClN2O2.C4H6N2/c1-14-4-3-5-16(10-14)19-12-21(27)26(2)23-20(19)11-17(13-25-23)22(28)15-6-8-18(24)9-7-15;1-6-3-2-5-4-6/h3-13,22,28H,1-2H3;2-4H,1H3. The largest absolute Gasteiger partial charge is 0.384 e. The molecule has 34 heavy (non-hydrogen) atoms. The molecule has 0 amide bonds. The molecule has 6 nitrogen and oxygen atoms in total. The number of hydrogen-bond donors (Lipinski definition) is 1. The first-order chi connectivity index (χ1) is 16.3. The number of aliphatic hydroxyl groups is 1. The molecule has 2 aromatic carbocycles. The summed E-state index contributed by atoms with van der Waals surface area (Å²) in [5.41, 5.74) is 4.70. The molecule has 0 aliphatic heterocycles. The monoisotopic (exact) mass is 472 g/mol. The van der Waals surface area contributed by atoms with Gasteiger partial charge in [0.1, 0.15) is 11.8 Å². The van der Waals surface area contributed by atoms with Crippen LogP contribution < -0.4 is 5.56 Å². The average Bonchev–Trinajstić information content (AvgIpc) is 3.32. The zero-order valence-corrected chi connectivity index (χ0v) is 19.9. The second-order valence-corrected chi connectivity index (χ2v) is 8.58. The van der Waals surface area contributed by atoms with Crippen LogP contribution in [0.5, 0.6) is 0 Å². The fraction of sp³-hybridized carbons (Fsp3) is 0.148. The highest BCUT2D eigenvalue weighted by atomic mass is 35.5. The molecule has 0 aliphatic carbocycles. The summed E-state index contributed by atoms with van der Waals surface area (Å²) in [5.74, 6) is 0. The van der Waals surface area contributed by atoms with Crippen LogP contribution in [0.2, 0.25) is 5.02 Å². The fourth-order valence-electron chi connectivity index (χ4n) is 3.71. The van der Waals surface area contributed by atoms with Crippen LogP contribution in [-0.2, 0) is 14.1 Å². The van der Waals surface area contributed by atoms with Crippen LogP contribution >= 0.6 is 11.6 Å². The number of imidazole rings is 1. The molecular formula is C27H25ClN4O2. The van der Waals surface area contributed by atoms with Crippen LogP contribution in [0, 0.1) is 6.92 Å². The lowest BCUT2D eigenvalue weighted by atomic mass is 9.97. The second kappa shape index (κ2) is 10.0. The Morgan fingerprint density at radius 2 is 1.76 bits per heavy atom. The molecule has 0 spiro atoms. The number of fused-ring (bicyclic) bond motifs is 1. The Labute approximate surface area is 202 Å². The Balaban J connectivity index is 0.000000398. The Bertz CT molecular complexity index is 1480. The van der Waals surface area contributed by atoms with Gasteiger partial charge in [-0.05, 0) is 41.8 Å². The molecule has 1 atom stereocenters. The van der Waals surface area contributed by atoms with E-state index in [2.05, 4.69) is 9.97 Å². The summed E-state index contributed by atoms with van der Waals surface area (Å²) in [4.78, 5) is 20.7. The van der Waals surface area contributed by atoms with Gasteiger partial charge >= 0.3 is 0 Å². The van der Waals surface area contributed by atoms with Crippen LogP contribution in [0.1, 0.15) is 22.8 Å². The molecule has 0 saturated carbocycles. The molecule has 0 bridgehead atoms. The number of benzene rings is 2. The third-order valence-electron chi connectivity index (χ3n) is 5.56. The SMILES string of the molecule is Cc1cccc(-c2cc(=O)n(C)c3ncc(C(O)c4ccc(Cl)cc4)cc23)c1.Cn1ccnc1. The van der Waals surface area contributed by atoms with Crippen molar-refractivity contribution in [3.8, 4) is 11.1 Å². The quantitative estimate of drug-likeness (QED) is 0.398. The lowest BCUT2D eigenvalue weighted by Crippen LogP contribution is -2.17. The van der Waals surface area contributed by atoms with Crippen LogP contribution in [0.15, 0.2) is 90.4 Å². The van der Waals surface area contributed by atoms with E-state index in [-0.39, 0.29) is 5.56 Å². The van der Waals surface area contributed by atoms with E-state index in [0.29, 0.717) is 16.2 Å². The molecule has 0 aliphatic rings. The maximum atomic E-state index is 12.4. The number of aromatic nitrogens is 4. The van der Waals surface area contributed by atoms with E-state index < -0.39 is 6.10 Å². The number of aliphatic hydroxyl groups excluding tert-OH is 1. The minimum atomic E-state index is -0.836. The van der Waals surface area contributed by atoms with Crippen molar-refractivity contribution in [1.29, 1.82) is 0 Å². The predicted molar refractivity (Wildman–Crippen MR) is 136 cm³/mol. The highest BCUT2D eigenvalue weighted by molar-refractivity contribution is 6.30. The Hall–Kier alpha value is -3.74. The van der Waals surface area contributed by atoms with Crippen molar-refractivity contribution in [3.63, 3.8) is 0 Å². The second-order valence-electron chi connectivity index (χ2n) is 8.15. The smallest absolute Gasteiger partial charge is 0.252 e. The fourth-order valence-corrected chi connectivity index (χ4v) is 3.83. The summed E-state index contributed by atoms with van der Waals surface area (Å²) in [6, 6.07) is 18.6. The Morgan fingerprint density at radius 1 is 1.00 bits per heavy atom. The summed E-state index contributed by atoms with van der Waals surface area (Å²) >= 11 is 5.95. The zero-order valence-electron chi connectivity index (χ0n) is 19.2. The Kier molecular flexibility index (Phi) is 6.91. The molecule has 0 radical (unpaired) electrons. The van der Waals surface area contributed by atoms with E-state index in [1.807, 2.05) is 55.1 Å². The molecule has 7 heteroatoms. The number of nitrogens with zero attached hydrogens (tertiary/aromatic N) is 4. The van der Waals surface area contributed by atoms with Crippen molar-refractivity contribution in [3.05, 3.63) is 118 Å². The number of rotatable bonds is 3. The van der Waals surface area contributed by atoms with Crippen LogP contribution in [-0.4, -0.2) is 24.2 Å². The maximum absolute atomic E-state index is 12.4. The van der Waals surface area contributed by atoms with Crippen molar-refractivity contribution in [1.82, 2.24) is 19.1 Å². The van der Waals surface area contributed by atoms with Gasteiger partial charge in [0, 0.05) is 54.7 Å². The number of aryl methyl sites for hydroxylation is 3. The molecule has 3 heterocycles. The van der Waals surface area contributed by atoms with E-state index >= 15 is 0 Å². The topological polar surface area (TPSA) is 72.9 Å². The van der Waals surface area contributed by atoms with Gasteiger partial charge in [0.25, 0.3) is 5.56 Å². The molecule has 1 unspecified atom stereocenters. The normalized spacial score (nSPS) is 11.7. The van der Waals surface area contributed by atoms with Gasteiger partial charge in [0.2, 0.25) is 0 Å². The van der Waals surface area contributed by atoms with Crippen molar-refractivity contribution in [2.75, 3.05) is 0 Å². The molecular weight excluding hydrogens is 448 g/mol. The molecule has 172 valence electrons. The van der Waals surface area contributed by atoms with Crippen molar-refractivity contribution in [2.24, 2.45) is 14.1 Å². The number of halogens is 1. The van der Waals surface area contributed by atoms with E-state index in [1.165, 1.54) is 4.57 Å². The van der Waals surface area contributed by atoms with Gasteiger partial charge in [-0.3, -0.25) is 9.36 Å². The first kappa shape index (κ1) is 23.4. The minimum Gasteiger partial charge on any atom is -0.384 e. The molecule has 5 rings (SSSR count). The van der Waals surface area contributed by atoms with E-state index in [9.17, 15) is 9.90 Å². The third-order valence-corrected chi connectivity index (χ3v) is 5.81. The summed E-state index contributed by atoms with van der Waals surface area (Å²) in [6.45, 7) is 2.01. The van der Waals surface area contributed by atoms with Gasteiger partial charge < -0.3 is 9.67 Å². The molecule has 0 fully saturated rings. The number of pyridine rings is 2. The van der Waals surface area contributed by atoms with Crippen LogP contribution in [0.4, 0.5) is 0 Å². The molecule has 0 saturated heterocycles. The lowest BCUT2D eigenvalue weighted by molar-refractivity contribution is 0.220. The molecule has 5 aromatic rings. The summed E-state index contributed by atoms with van der Waals surface area (Å²) in [6.07, 6.45) is 6.16. The number of hydrogen-bond acceptors (Lipinski definition) is 4. The van der Waals surface area contributed by atoms with E-state index in [4.69, 9.17) is 11.6 Å². The minimum absolute atomic E-state index is 0.123. The van der Waals surface area contributed by atoms with Gasteiger partial charge in [-0.15, -0.1) is 0 Å². The summed E-state index contributed by atoms with van der Waals surface area (Å²) < 4.78 is 3.41.